The van der Waals surface area contributed by atoms with E-state index >= 15 is 0 Å². The Bertz CT molecular complexity index is 1080. The number of fused-ring (bicyclic) bond motifs is 1. The van der Waals surface area contributed by atoms with Crippen LogP contribution in [0, 0.1) is 0 Å². The number of hydrogen-bond donors (Lipinski definition) is 1. The van der Waals surface area contributed by atoms with E-state index in [4.69, 9.17) is 14.3 Å². The lowest BCUT2D eigenvalue weighted by Crippen LogP contribution is -2.31. The first-order chi connectivity index (χ1) is 18.0. The summed E-state index contributed by atoms with van der Waals surface area (Å²) < 4.78 is 12.0. The minimum absolute atomic E-state index is 0.0799. The first-order valence-electron chi connectivity index (χ1n) is 12.2. The number of nitrogens with one attached hydrogen (secondary N) is 1. The van der Waals surface area contributed by atoms with Gasteiger partial charge in [0.1, 0.15) is 12.5 Å². The van der Waals surface area contributed by atoms with Crippen molar-refractivity contribution in [2.24, 2.45) is 0 Å². The second kappa shape index (κ2) is 17.3. The highest BCUT2D eigenvalue weighted by molar-refractivity contribution is 5.96. The number of amides is 1. The van der Waals surface area contributed by atoms with Gasteiger partial charge in [0.25, 0.3) is 0 Å². The van der Waals surface area contributed by atoms with Crippen molar-refractivity contribution in [1.82, 2.24) is 10.2 Å². The van der Waals surface area contributed by atoms with Crippen molar-refractivity contribution in [3.05, 3.63) is 91.5 Å². The van der Waals surface area contributed by atoms with Crippen LogP contribution >= 0.6 is 0 Å². The topological polar surface area (TPSA) is 84.5 Å². The molecular formula is C30H39N3O4. The molecule has 0 saturated heterocycles. The van der Waals surface area contributed by atoms with E-state index in [0.717, 1.165) is 45.9 Å². The Labute approximate surface area is 220 Å². The number of benzene rings is 1. The van der Waals surface area contributed by atoms with Crippen LogP contribution in [0.3, 0.4) is 0 Å². The summed E-state index contributed by atoms with van der Waals surface area (Å²) in [5, 5.41) is 6.87. The molecule has 0 unspecified atom stereocenters. The molecule has 7 nitrogen and oxygen atoms in total. The van der Waals surface area contributed by atoms with E-state index in [1.54, 1.807) is 18.3 Å². The van der Waals surface area contributed by atoms with Gasteiger partial charge in [-0.25, -0.2) is 0 Å². The molecular weight excluding hydrogens is 466 g/mol. The van der Waals surface area contributed by atoms with Crippen LogP contribution in [0.4, 0.5) is 5.69 Å². The van der Waals surface area contributed by atoms with Crippen molar-refractivity contribution in [2.45, 2.75) is 40.0 Å². The second-order valence-corrected chi connectivity index (χ2v) is 7.98. The average Bonchev–Trinajstić information content (AvgIpc) is 3.39. The molecule has 0 saturated carbocycles. The number of ether oxygens (including phenoxy) is 2. The summed E-state index contributed by atoms with van der Waals surface area (Å²) >= 11 is 0. The molecule has 7 heteroatoms. The molecule has 2 heterocycles. The fourth-order valence-corrected chi connectivity index (χ4v) is 3.59. The third kappa shape index (κ3) is 9.11. The van der Waals surface area contributed by atoms with Crippen LogP contribution in [0.2, 0.25) is 0 Å². The maximum atomic E-state index is 13.1. The number of hydrogen-bond acceptors (Lipinski definition) is 5. The number of aromatic nitrogens is 2. The molecule has 3 rings (SSSR count). The Kier molecular flexibility index (Phi) is 14.5. The van der Waals surface area contributed by atoms with Gasteiger partial charge < -0.3 is 19.2 Å². The van der Waals surface area contributed by atoms with Gasteiger partial charge in [0, 0.05) is 30.3 Å². The van der Waals surface area contributed by atoms with Crippen LogP contribution < -0.4 is 9.64 Å². The van der Waals surface area contributed by atoms with Gasteiger partial charge in [0.05, 0.1) is 25.1 Å². The molecule has 0 fully saturated rings. The SMILES string of the molecule is C=C/C(C)=C(C)\C(=C/C)OCCCC(=O)N1CCCOc2c(-c3cn[nH]c3)cccc21.C=CC=C.C=O. The number of carbonyl (C=O) groups excluding carboxylic acids is 2. The molecule has 1 aliphatic heterocycles. The van der Waals surface area contributed by atoms with Crippen LogP contribution in [0.15, 0.2) is 91.5 Å². The highest BCUT2D eigenvalue weighted by Crippen LogP contribution is 2.40. The van der Waals surface area contributed by atoms with Gasteiger partial charge in [-0.2, -0.15) is 5.10 Å². The van der Waals surface area contributed by atoms with E-state index in [1.807, 2.05) is 69.0 Å². The van der Waals surface area contributed by atoms with E-state index in [1.165, 1.54) is 0 Å². The van der Waals surface area contributed by atoms with Crippen molar-refractivity contribution in [3.63, 3.8) is 0 Å². The molecule has 1 aliphatic rings. The second-order valence-electron chi connectivity index (χ2n) is 7.98. The third-order valence-electron chi connectivity index (χ3n) is 5.66. The Morgan fingerprint density at radius 1 is 1.22 bits per heavy atom. The molecule has 0 bridgehead atoms. The van der Waals surface area contributed by atoms with E-state index in [-0.39, 0.29) is 5.91 Å². The van der Waals surface area contributed by atoms with Gasteiger partial charge >= 0.3 is 0 Å². The quantitative estimate of drug-likeness (QED) is 0.236. The molecule has 0 radical (unpaired) electrons. The normalized spacial score (nSPS) is 13.1. The predicted molar refractivity (Wildman–Crippen MR) is 152 cm³/mol. The van der Waals surface area contributed by atoms with E-state index in [9.17, 15) is 4.79 Å². The van der Waals surface area contributed by atoms with E-state index in [2.05, 4.69) is 29.9 Å². The minimum Gasteiger partial charge on any atom is -0.494 e. The molecule has 0 aliphatic carbocycles. The minimum atomic E-state index is 0.0799. The van der Waals surface area contributed by atoms with E-state index in [0.29, 0.717) is 32.6 Å². The Morgan fingerprint density at radius 2 is 1.95 bits per heavy atom. The third-order valence-corrected chi connectivity index (χ3v) is 5.66. The number of para-hydroxylation sites is 1. The lowest BCUT2D eigenvalue weighted by atomic mass is 10.1. The van der Waals surface area contributed by atoms with Gasteiger partial charge in [0.2, 0.25) is 5.91 Å². The molecule has 2 aromatic rings. The van der Waals surface area contributed by atoms with Gasteiger partial charge in [-0.3, -0.25) is 9.89 Å². The van der Waals surface area contributed by atoms with Crippen LogP contribution in [-0.2, 0) is 14.3 Å². The Morgan fingerprint density at radius 3 is 2.54 bits per heavy atom. The monoisotopic (exact) mass is 505 g/mol. The number of H-pyrrole nitrogens is 1. The van der Waals surface area contributed by atoms with Gasteiger partial charge in [-0.15, -0.1) is 0 Å². The zero-order valence-electron chi connectivity index (χ0n) is 22.3. The highest BCUT2D eigenvalue weighted by atomic mass is 16.5. The Hall–Kier alpha value is -4.13. The first-order valence-corrected chi connectivity index (χ1v) is 12.2. The van der Waals surface area contributed by atoms with Gasteiger partial charge in [-0.1, -0.05) is 50.1 Å². The number of allylic oxidation sites excluding steroid dienone is 6. The summed E-state index contributed by atoms with van der Waals surface area (Å²) in [7, 11) is 0. The molecule has 1 aromatic carbocycles. The van der Waals surface area contributed by atoms with Crippen LogP contribution in [0.5, 0.6) is 5.75 Å². The van der Waals surface area contributed by atoms with Crippen LogP contribution in [0.1, 0.15) is 40.0 Å². The summed E-state index contributed by atoms with van der Waals surface area (Å²) in [6.07, 6.45) is 12.5. The summed E-state index contributed by atoms with van der Waals surface area (Å²) in [5.41, 5.74) is 4.84. The fraction of sp³-hybridized carbons (Fsp3) is 0.300. The molecule has 1 N–H and O–H groups in total. The summed E-state index contributed by atoms with van der Waals surface area (Å²) in [6, 6.07) is 5.89. The van der Waals surface area contributed by atoms with Gasteiger partial charge in [0.15, 0.2) is 5.75 Å². The van der Waals surface area contributed by atoms with Crippen LogP contribution in [0.25, 0.3) is 11.1 Å². The fourth-order valence-electron chi connectivity index (χ4n) is 3.59. The predicted octanol–water partition coefficient (Wildman–Crippen LogP) is 6.59. The molecule has 198 valence electrons. The lowest BCUT2D eigenvalue weighted by Gasteiger charge is -2.23. The molecule has 0 atom stereocenters. The lowest BCUT2D eigenvalue weighted by molar-refractivity contribution is -0.118. The van der Waals surface area contributed by atoms with Crippen molar-refractivity contribution in [2.75, 3.05) is 24.7 Å². The number of nitrogens with zero attached hydrogens (tertiary/aromatic N) is 2. The number of carbonyl (C=O) groups is 2. The molecule has 1 aromatic heterocycles. The maximum Gasteiger partial charge on any atom is 0.227 e. The zero-order chi connectivity index (χ0) is 27.6. The standard InChI is InChI=1S/C25H31N3O3.C4H6.CH2O/c1-5-18(3)19(4)23(6-2)30-14-8-12-24(29)28-13-9-15-31-25-21(10-7-11-22(25)28)20-16-26-27-17-20;1-3-4-2;1-2/h5-7,10-11,16-17H,1,8-9,12-15H2,2-4H3,(H,26,27);3-4H,1-2H2;1H2/b19-18-,23-6+;;. The molecule has 37 heavy (non-hydrogen) atoms. The number of rotatable bonds is 9. The smallest absolute Gasteiger partial charge is 0.227 e. The first kappa shape index (κ1) is 30.9. The summed E-state index contributed by atoms with van der Waals surface area (Å²) in [4.78, 5) is 22.9. The summed E-state index contributed by atoms with van der Waals surface area (Å²) in [5.74, 6) is 1.65. The van der Waals surface area contributed by atoms with Crippen molar-refractivity contribution in [3.8, 4) is 16.9 Å². The number of anilines is 1. The number of aromatic amines is 1. The van der Waals surface area contributed by atoms with Crippen molar-refractivity contribution >= 4 is 18.4 Å². The Balaban J connectivity index is 0.00000104. The average molecular weight is 506 g/mol. The maximum absolute atomic E-state index is 13.1. The van der Waals surface area contributed by atoms with Gasteiger partial charge in [-0.05, 0) is 56.9 Å². The highest BCUT2D eigenvalue weighted by Gasteiger charge is 2.24. The van der Waals surface area contributed by atoms with Crippen molar-refractivity contribution < 1.29 is 19.1 Å². The zero-order valence-corrected chi connectivity index (χ0v) is 22.3. The largest absolute Gasteiger partial charge is 0.494 e. The van der Waals surface area contributed by atoms with Crippen LogP contribution in [-0.4, -0.2) is 42.7 Å². The van der Waals surface area contributed by atoms with Crippen molar-refractivity contribution in [1.29, 1.82) is 0 Å². The molecule has 1 amide bonds. The molecule has 0 spiro atoms. The van der Waals surface area contributed by atoms with E-state index < -0.39 is 0 Å². The summed E-state index contributed by atoms with van der Waals surface area (Å²) in [6.45, 7) is 20.2.